The molecule has 0 spiro atoms. The summed E-state index contributed by atoms with van der Waals surface area (Å²) in [7, 11) is 2.25. The zero-order chi connectivity index (χ0) is 10.7. The van der Waals surface area contributed by atoms with Crippen molar-refractivity contribution in [3.8, 4) is 0 Å². The first-order chi connectivity index (χ1) is 7.31. The summed E-state index contributed by atoms with van der Waals surface area (Å²) in [6, 6.07) is 1.79. The molecule has 0 aromatic carbocycles. The van der Waals surface area contributed by atoms with E-state index in [0.717, 1.165) is 5.92 Å². The molecule has 0 saturated carbocycles. The second-order valence-electron chi connectivity index (χ2n) is 5.11. The molecule has 2 saturated heterocycles. The third-order valence-electron chi connectivity index (χ3n) is 4.09. The Balaban J connectivity index is 1.90. The van der Waals surface area contributed by atoms with Crippen LogP contribution in [-0.4, -0.2) is 43.0 Å². The molecule has 0 aromatic heterocycles. The van der Waals surface area contributed by atoms with Gasteiger partial charge in [0.1, 0.15) is 0 Å². The molecule has 1 radical (unpaired) electrons. The SMILES string of the molecule is CCN1CCCC[C]1C1CCN(C)CC1. The molecule has 2 heteroatoms. The third kappa shape index (κ3) is 2.73. The molecule has 2 aliphatic rings. The van der Waals surface area contributed by atoms with Crippen LogP contribution in [0, 0.1) is 12.0 Å². The molecule has 0 bridgehead atoms. The highest BCUT2D eigenvalue weighted by Crippen LogP contribution is 2.35. The summed E-state index contributed by atoms with van der Waals surface area (Å²) in [6.07, 6.45) is 7.00. The summed E-state index contributed by atoms with van der Waals surface area (Å²) < 4.78 is 0. The van der Waals surface area contributed by atoms with Crippen molar-refractivity contribution in [2.75, 3.05) is 33.2 Å². The van der Waals surface area contributed by atoms with Gasteiger partial charge < -0.3 is 4.90 Å². The van der Waals surface area contributed by atoms with Crippen LogP contribution in [0.2, 0.25) is 0 Å². The molecule has 2 fully saturated rings. The zero-order valence-electron chi connectivity index (χ0n) is 10.3. The Morgan fingerprint density at radius 1 is 1.13 bits per heavy atom. The van der Waals surface area contributed by atoms with Crippen LogP contribution in [-0.2, 0) is 0 Å². The van der Waals surface area contributed by atoms with Crippen molar-refractivity contribution in [2.45, 2.75) is 39.0 Å². The lowest BCUT2D eigenvalue weighted by atomic mass is 9.84. The Hall–Kier alpha value is -0.0800. The highest BCUT2D eigenvalue weighted by atomic mass is 15.2. The number of likely N-dealkylation sites (tertiary alicyclic amines) is 2. The monoisotopic (exact) mass is 209 g/mol. The molecule has 0 aromatic rings. The van der Waals surface area contributed by atoms with Crippen LogP contribution >= 0.6 is 0 Å². The molecule has 2 aliphatic heterocycles. The van der Waals surface area contributed by atoms with Crippen molar-refractivity contribution in [3.05, 3.63) is 6.04 Å². The second-order valence-corrected chi connectivity index (χ2v) is 5.11. The fourth-order valence-corrected chi connectivity index (χ4v) is 3.08. The summed E-state index contributed by atoms with van der Waals surface area (Å²) in [5, 5.41) is 0. The largest absolute Gasteiger partial charge is 0.306 e. The molecule has 0 amide bonds. The van der Waals surface area contributed by atoms with Crippen LogP contribution in [0.15, 0.2) is 0 Å². The van der Waals surface area contributed by atoms with Crippen LogP contribution in [0.1, 0.15) is 39.0 Å². The average molecular weight is 209 g/mol. The van der Waals surface area contributed by atoms with Gasteiger partial charge in [-0.2, -0.15) is 0 Å². The van der Waals surface area contributed by atoms with Gasteiger partial charge in [0.25, 0.3) is 0 Å². The molecule has 2 nitrogen and oxygen atoms in total. The van der Waals surface area contributed by atoms with Crippen LogP contribution < -0.4 is 0 Å². The van der Waals surface area contributed by atoms with Crippen LogP contribution in [0.25, 0.3) is 0 Å². The van der Waals surface area contributed by atoms with Gasteiger partial charge in [-0.25, -0.2) is 0 Å². The summed E-state index contributed by atoms with van der Waals surface area (Å²) in [5.74, 6) is 0.904. The average Bonchev–Trinajstić information content (AvgIpc) is 2.30. The van der Waals surface area contributed by atoms with E-state index in [-0.39, 0.29) is 0 Å². The third-order valence-corrected chi connectivity index (χ3v) is 4.09. The van der Waals surface area contributed by atoms with Crippen molar-refractivity contribution in [1.29, 1.82) is 0 Å². The van der Waals surface area contributed by atoms with E-state index in [1.807, 2.05) is 0 Å². The maximum Gasteiger partial charge on any atom is 0.0424 e. The maximum absolute atomic E-state index is 2.65. The number of hydrogen-bond acceptors (Lipinski definition) is 2. The predicted octanol–water partition coefficient (Wildman–Crippen LogP) is 2.37. The number of hydrogen-bond donors (Lipinski definition) is 0. The molecule has 0 aliphatic carbocycles. The Morgan fingerprint density at radius 2 is 1.87 bits per heavy atom. The molecular formula is C13H25N2. The van der Waals surface area contributed by atoms with Crippen LogP contribution in [0.4, 0.5) is 0 Å². The minimum Gasteiger partial charge on any atom is -0.306 e. The van der Waals surface area contributed by atoms with Crippen molar-refractivity contribution < 1.29 is 0 Å². The smallest absolute Gasteiger partial charge is 0.0424 e. The lowest BCUT2D eigenvalue weighted by molar-refractivity contribution is 0.140. The Bertz CT molecular complexity index is 185. The number of rotatable bonds is 2. The van der Waals surface area contributed by atoms with Gasteiger partial charge in [-0.3, -0.25) is 4.90 Å². The Labute approximate surface area is 94.6 Å². The van der Waals surface area contributed by atoms with E-state index in [4.69, 9.17) is 0 Å². The van der Waals surface area contributed by atoms with Gasteiger partial charge in [-0.05, 0) is 64.8 Å². The summed E-state index contributed by atoms with van der Waals surface area (Å²) in [5.41, 5.74) is 0. The standard InChI is InChI=1S/C13H25N2/c1-3-15-9-5-4-6-13(15)12-7-10-14(2)11-8-12/h12H,3-11H2,1-2H3. The normalized spacial score (nSPS) is 28.4. The molecule has 0 unspecified atom stereocenters. The second kappa shape index (κ2) is 5.31. The fourth-order valence-electron chi connectivity index (χ4n) is 3.08. The van der Waals surface area contributed by atoms with Crippen molar-refractivity contribution in [1.82, 2.24) is 9.80 Å². The Morgan fingerprint density at radius 3 is 2.53 bits per heavy atom. The van der Waals surface area contributed by atoms with Gasteiger partial charge in [0.05, 0.1) is 0 Å². The van der Waals surface area contributed by atoms with E-state index in [2.05, 4.69) is 23.8 Å². The molecule has 87 valence electrons. The van der Waals surface area contributed by atoms with Gasteiger partial charge >= 0.3 is 0 Å². The molecular weight excluding hydrogens is 184 g/mol. The van der Waals surface area contributed by atoms with Crippen LogP contribution in [0.5, 0.6) is 0 Å². The van der Waals surface area contributed by atoms with Gasteiger partial charge in [0.2, 0.25) is 0 Å². The first-order valence-electron chi connectivity index (χ1n) is 6.60. The number of piperidine rings is 2. The lowest BCUT2D eigenvalue weighted by Gasteiger charge is -2.42. The van der Waals surface area contributed by atoms with E-state index in [9.17, 15) is 0 Å². The maximum atomic E-state index is 2.65. The summed E-state index contributed by atoms with van der Waals surface area (Å²) >= 11 is 0. The summed E-state index contributed by atoms with van der Waals surface area (Å²) in [6.45, 7) is 7.44. The summed E-state index contributed by atoms with van der Waals surface area (Å²) in [4.78, 5) is 5.12. The van der Waals surface area contributed by atoms with E-state index >= 15 is 0 Å². The Kier molecular flexibility index (Phi) is 4.04. The highest BCUT2D eigenvalue weighted by Gasteiger charge is 2.31. The topological polar surface area (TPSA) is 6.48 Å². The predicted molar refractivity (Wildman–Crippen MR) is 64.6 cm³/mol. The van der Waals surface area contributed by atoms with E-state index < -0.39 is 0 Å². The van der Waals surface area contributed by atoms with Gasteiger partial charge in [-0.1, -0.05) is 13.3 Å². The zero-order valence-corrected chi connectivity index (χ0v) is 10.3. The fraction of sp³-hybridized carbons (Fsp3) is 0.923. The van der Waals surface area contributed by atoms with Gasteiger partial charge in [-0.15, -0.1) is 0 Å². The molecule has 2 heterocycles. The van der Waals surface area contributed by atoms with E-state index in [1.54, 1.807) is 6.04 Å². The quantitative estimate of drug-likeness (QED) is 0.689. The van der Waals surface area contributed by atoms with Crippen molar-refractivity contribution in [2.24, 2.45) is 5.92 Å². The number of nitrogens with zero attached hydrogens (tertiary/aromatic N) is 2. The van der Waals surface area contributed by atoms with Gasteiger partial charge in [0, 0.05) is 6.04 Å². The molecule has 0 N–H and O–H groups in total. The van der Waals surface area contributed by atoms with E-state index in [0.29, 0.717) is 0 Å². The van der Waals surface area contributed by atoms with Gasteiger partial charge in [0.15, 0.2) is 0 Å². The first-order valence-corrected chi connectivity index (χ1v) is 6.60. The minimum absolute atomic E-state index is 0.904. The first kappa shape index (κ1) is 11.4. The highest BCUT2D eigenvalue weighted by molar-refractivity contribution is 4.99. The van der Waals surface area contributed by atoms with Crippen molar-refractivity contribution in [3.63, 3.8) is 0 Å². The lowest BCUT2D eigenvalue weighted by Crippen LogP contribution is -2.41. The van der Waals surface area contributed by atoms with Crippen LogP contribution in [0.3, 0.4) is 0 Å². The van der Waals surface area contributed by atoms with Crippen molar-refractivity contribution >= 4 is 0 Å². The molecule has 15 heavy (non-hydrogen) atoms. The molecule has 2 rings (SSSR count). The molecule has 0 atom stereocenters. The minimum atomic E-state index is 0.904. The van der Waals surface area contributed by atoms with E-state index in [1.165, 1.54) is 58.3 Å².